The summed E-state index contributed by atoms with van der Waals surface area (Å²) in [5.74, 6) is 0.836. The van der Waals surface area contributed by atoms with Gasteiger partial charge in [0.25, 0.3) is 0 Å². The fourth-order valence-corrected chi connectivity index (χ4v) is 6.07. The largest absolute Gasteiger partial charge is 0.371 e. The maximum absolute atomic E-state index is 12.9. The predicted octanol–water partition coefficient (Wildman–Crippen LogP) is 11.8. The van der Waals surface area contributed by atoms with Gasteiger partial charge in [-0.1, -0.05) is 116 Å². The molecule has 260 valence electrons. The minimum atomic E-state index is -0.0873. The minimum absolute atomic E-state index is 0.0873. The van der Waals surface area contributed by atoms with Crippen molar-refractivity contribution in [3.05, 3.63) is 70.0 Å². The average Bonchev–Trinajstić information content (AvgIpc) is 3.80. The lowest BCUT2D eigenvalue weighted by atomic mass is 9.87. The molecule has 0 bridgehead atoms. The van der Waals surface area contributed by atoms with Gasteiger partial charge in [0.2, 0.25) is 5.91 Å². The van der Waals surface area contributed by atoms with E-state index in [2.05, 4.69) is 104 Å². The summed E-state index contributed by atoms with van der Waals surface area (Å²) in [7, 11) is 0. The molecule has 1 aromatic carbocycles. The fraction of sp³-hybridized carbons (Fsp3) is 0.659. The molecule has 2 aliphatic rings. The van der Waals surface area contributed by atoms with E-state index in [1.165, 1.54) is 54.5 Å². The molecular weight excluding hydrogens is 586 g/mol. The van der Waals surface area contributed by atoms with Crippen molar-refractivity contribution >= 4 is 23.2 Å². The molecule has 1 aliphatic heterocycles. The number of benzene rings is 1. The molecule has 0 aromatic heterocycles. The van der Waals surface area contributed by atoms with Crippen LogP contribution in [0, 0.1) is 11.3 Å². The Morgan fingerprint density at radius 1 is 1.07 bits per heavy atom. The van der Waals surface area contributed by atoms with E-state index in [1.807, 2.05) is 24.4 Å². The number of piperazine rings is 1. The number of nitrogens with zero attached hydrogens (tertiary/aromatic N) is 3. The van der Waals surface area contributed by atoms with Crippen LogP contribution in [0.4, 0.5) is 0 Å². The highest BCUT2D eigenvalue weighted by Crippen LogP contribution is 2.47. The number of hydrogen-bond acceptors (Lipinski definition) is 3. The van der Waals surface area contributed by atoms with Crippen LogP contribution >= 0.6 is 11.6 Å². The molecule has 1 saturated carbocycles. The summed E-state index contributed by atoms with van der Waals surface area (Å²) in [6, 6.07) is 8.25. The molecule has 3 rings (SSSR count). The van der Waals surface area contributed by atoms with Crippen LogP contribution in [0.3, 0.4) is 0 Å². The first-order chi connectivity index (χ1) is 21.9. The van der Waals surface area contributed by atoms with E-state index in [9.17, 15) is 4.79 Å². The molecule has 1 aliphatic carbocycles. The van der Waals surface area contributed by atoms with Crippen molar-refractivity contribution in [3.8, 4) is 0 Å². The Morgan fingerprint density at radius 3 is 2.20 bits per heavy atom. The summed E-state index contributed by atoms with van der Waals surface area (Å²) in [5, 5.41) is 0.839. The Balaban J connectivity index is 0.000000538. The molecule has 2 fully saturated rings. The van der Waals surface area contributed by atoms with E-state index >= 15 is 0 Å². The van der Waals surface area contributed by atoms with E-state index in [4.69, 9.17) is 16.6 Å². The molecule has 1 heterocycles. The number of aryl methyl sites for hydroxylation is 1. The van der Waals surface area contributed by atoms with Gasteiger partial charge in [0.15, 0.2) is 0 Å². The minimum Gasteiger partial charge on any atom is -0.371 e. The van der Waals surface area contributed by atoms with Gasteiger partial charge in [0, 0.05) is 59.3 Å². The molecule has 4 nitrogen and oxygen atoms in total. The first kappa shape index (κ1) is 41.7. The van der Waals surface area contributed by atoms with Crippen LogP contribution in [0.1, 0.15) is 140 Å². The standard InChI is InChI=1S/C26H43N3O.C9H11Cl.C6H14/c1-9-12-15-27-21(6)24(23(11-3)19(4)10-2)22(7)28-16-17-29(20(5)18-28)25(30)26(8)13-14-26;1-2-4-8-5-3-6-9(10)7-8;1-3-5-6-4-2/h11-12,15,19-20H,9-10,13-14,16-18H2,1-8H3;3,5-7H,2,4H2,1H3;3-6H2,1-2H3/b15-12+,23-11-,24-22-,27-21+;;. The third-order valence-electron chi connectivity index (χ3n) is 9.34. The lowest BCUT2D eigenvalue weighted by Crippen LogP contribution is -2.55. The Hall–Kier alpha value is -2.33. The summed E-state index contributed by atoms with van der Waals surface area (Å²) < 4.78 is 0. The molecule has 1 amide bonds. The number of rotatable bonds is 13. The van der Waals surface area contributed by atoms with Crippen LogP contribution < -0.4 is 0 Å². The Labute approximate surface area is 289 Å². The van der Waals surface area contributed by atoms with E-state index in [-0.39, 0.29) is 11.5 Å². The summed E-state index contributed by atoms with van der Waals surface area (Å²) >= 11 is 5.78. The normalized spacial score (nSPS) is 19.1. The van der Waals surface area contributed by atoms with E-state index in [1.54, 1.807) is 0 Å². The molecular formula is C41H68ClN3O. The molecule has 0 spiro atoms. The zero-order valence-electron chi connectivity index (χ0n) is 31.5. The second-order valence-corrected chi connectivity index (χ2v) is 13.9. The van der Waals surface area contributed by atoms with Crippen LogP contribution in [0.15, 0.2) is 64.5 Å². The number of carbonyl (C=O) groups excluding carboxylic acids is 1. The number of amides is 1. The van der Waals surface area contributed by atoms with Crippen molar-refractivity contribution in [2.45, 2.75) is 146 Å². The van der Waals surface area contributed by atoms with Gasteiger partial charge in [-0.05, 0) is 89.0 Å². The quantitative estimate of drug-likeness (QED) is 0.121. The summed E-state index contributed by atoms with van der Waals surface area (Å²) in [4.78, 5) is 22.2. The summed E-state index contributed by atoms with van der Waals surface area (Å²) in [6.07, 6.45) is 18.3. The zero-order valence-corrected chi connectivity index (χ0v) is 32.3. The molecule has 0 radical (unpaired) electrons. The zero-order chi connectivity index (χ0) is 34.7. The smallest absolute Gasteiger partial charge is 0.228 e. The highest BCUT2D eigenvalue weighted by molar-refractivity contribution is 6.30. The molecule has 46 heavy (non-hydrogen) atoms. The van der Waals surface area contributed by atoms with Crippen molar-refractivity contribution in [3.63, 3.8) is 0 Å². The van der Waals surface area contributed by atoms with E-state index < -0.39 is 0 Å². The summed E-state index contributed by atoms with van der Waals surface area (Å²) in [6.45, 7) is 26.7. The first-order valence-corrected chi connectivity index (χ1v) is 18.7. The first-order valence-electron chi connectivity index (χ1n) is 18.3. The van der Waals surface area contributed by atoms with Crippen LogP contribution in [-0.2, 0) is 11.2 Å². The van der Waals surface area contributed by atoms with Gasteiger partial charge in [-0.25, -0.2) is 0 Å². The topological polar surface area (TPSA) is 35.9 Å². The lowest BCUT2D eigenvalue weighted by Gasteiger charge is -2.43. The Bertz CT molecular complexity index is 1160. The maximum atomic E-state index is 12.9. The number of unbranched alkanes of at least 4 members (excludes halogenated alkanes) is 3. The Morgan fingerprint density at radius 2 is 1.72 bits per heavy atom. The number of aliphatic imine (C=N–C) groups is 1. The van der Waals surface area contributed by atoms with Crippen molar-refractivity contribution in [2.24, 2.45) is 16.3 Å². The van der Waals surface area contributed by atoms with Crippen LogP contribution in [-0.4, -0.2) is 47.1 Å². The second-order valence-electron chi connectivity index (χ2n) is 13.5. The molecule has 2 atom stereocenters. The van der Waals surface area contributed by atoms with Crippen molar-refractivity contribution in [1.82, 2.24) is 9.80 Å². The second kappa shape index (κ2) is 22.3. The van der Waals surface area contributed by atoms with Gasteiger partial charge in [-0.2, -0.15) is 0 Å². The number of allylic oxidation sites excluding steroid dienone is 5. The number of hydrogen-bond donors (Lipinski definition) is 0. The van der Waals surface area contributed by atoms with Crippen molar-refractivity contribution in [1.29, 1.82) is 0 Å². The monoisotopic (exact) mass is 654 g/mol. The number of halogens is 1. The van der Waals surface area contributed by atoms with E-state index in [0.717, 1.165) is 62.5 Å². The number of carbonyl (C=O) groups is 1. The SMILES string of the molecule is CCCCCC.CCCc1cccc(Cl)c1.C\C=C(C(/C(C)=N/C=C/CC)=C(/C)N1CCN(C(=O)C2(C)CC2)C(C)C1)\C(C)CC. The van der Waals surface area contributed by atoms with Crippen molar-refractivity contribution in [2.75, 3.05) is 19.6 Å². The predicted molar refractivity (Wildman–Crippen MR) is 204 cm³/mol. The van der Waals surface area contributed by atoms with Crippen molar-refractivity contribution < 1.29 is 4.79 Å². The molecule has 1 aromatic rings. The van der Waals surface area contributed by atoms with Gasteiger partial charge < -0.3 is 9.80 Å². The lowest BCUT2D eigenvalue weighted by molar-refractivity contribution is -0.140. The third-order valence-corrected chi connectivity index (χ3v) is 9.57. The van der Waals surface area contributed by atoms with Gasteiger partial charge in [-0.3, -0.25) is 9.79 Å². The van der Waals surface area contributed by atoms with E-state index in [0.29, 0.717) is 11.8 Å². The van der Waals surface area contributed by atoms with Gasteiger partial charge in [-0.15, -0.1) is 0 Å². The maximum Gasteiger partial charge on any atom is 0.228 e. The molecule has 2 unspecified atom stereocenters. The van der Waals surface area contributed by atoms with Gasteiger partial charge in [0.05, 0.1) is 0 Å². The molecule has 5 heteroatoms. The Kier molecular flexibility index (Phi) is 20.2. The highest BCUT2D eigenvalue weighted by atomic mass is 35.5. The fourth-order valence-electron chi connectivity index (χ4n) is 5.86. The van der Waals surface area contributed by atoms with Gasteiger partial charge in [0.1, 0.15) is 0 Å². The molecule has 0 N–H and O–H groups in total. The van der Waals surface area contributed by atoms with Gasteiger partial charge >= 0.3 is 0 Å². The average molecular weight is 654 g/mol. The summed E-state index contributed by atoms with van der Waals surface area (Å²) in [5.41, 5.74) is 6.24. The molecule has 1 saturated heterocycles. The third kappa shape index (κ3) is 13.8. The van der Waals surface area contributed by atoms with Crippen LogP contribution in [0.25, 0.3) is 0 Å². The highest BCUT2D eigenvalue weighted by Gasteiger charge is 2.48. The van der Waals surface area contributed by atoms with Crippen LogP contribution in [0.2, 0.25) is 5.02 Å². The van der Waals surface area contributed by atoms with Crippen LogP contribution in [0.5, 0.6) is 0 Å².